The Bertz CT molecular complexity index is 748. The first-order valence-electron chi connectivity index (χ1n) is 9.94. The highest BCUT2D eigenvalue weighted by molar-refractivity contribution is 5.84. The van der Waals surface area contributed by atoms with E-state index in [9.17, 15) is 4.79 Å². The third kappa shape index (κ3) is 8.64. The predicted molar refractivity (Wildman–Crippen MR) is 119 cm³/mol. The standard InChI is InChI=1S/C22H32N6O/c1-27(2)21(29)18-26-22(25-16-13-19-10-7-8-14-23-19)24-15-9-17-28(3)20-11-5-4-6-12-20/h4-8,10-12,14H,9,13,15-18H2,1-3H3,(H2,24,25,26). The van der Waals surface area contributed by atoms with Crippen molar-refractivity contribution in [2.75, 3.05) is 52.2 Å². The molecule has 0 radical (unpaired) electrons. The van der Waals surface area contributed by atoms with E-state index in [0.29, 0.717) is 12.5 Å². The second-order valence-corrected chi connectivity index (χ2v) is 6.99. The zero-order chi connectivity index (χ0) is 20.9. The summed E-state index contributed by atoms with van der Waals surface area (Å²) in [6.07, 6.45) is 3.54. The Kier molecular flexibility index (Phi) is 9.48. The number of carbonyl (C=O) groups is 1. The lowest BCUT2D eigenvalue weighted by Crippen LogP contribution is -2.40. The molecule has 0 spiro atoms. The Hall–Kier alpha value is -3.09. The summed E-state index contributed by atoms with van der Waals surface area (Å²) in [4.78, 5) is 24.4. The van der Waals surface area contributed by atoms with Gasteiger partial charge in [0.1, 0.15) is 6.54 Å². The Morgan fingerprint density at radius 3 is 2.41 bits per heavy atom. The van der Waals surface area contributed by atoms with E-state index in [1.165, 1.54) is 5.69 Å². The maximum Gasteiger partial charge on any atom is 0.243 e. The highest BCUT2D eigenvalue weighted by Gasteiger charge is 2.05. The van der Waals surface area contributed by atoms with Crippen LogP contribution in [0, 0.1) is 0 Å². The number of hydrogen-bond acceptors (Lipinski definition) is 4. The van der Waals surface area contributed by atoms with Crippen molar-refractivity contribution in [3.05, 3.63) is 60.4 Å². The number of amides is 1. The van der Waals surface area contributed by atoms with Gasteiger partial charge >= 0.3 is 0 Å². The molecule has 2 N–H and O–H groups in total. The molecule has 1 amide bonds. The molecule has 7 heteroatoms. The van der Waals surface area contributed by atoms with Gasteiger partial charge in [0.15, 0.2) is 5.96 Å². The number of carbonyl (C=O) groups excluding carboxylic acids is 1. The number of benzene rings is 1. The van der Waals surface area contributed by atoms with Crippen LogP contribution in [0.2, 0.25) is 0 Å². The summed E-state index contributed by atoms with van der Waals surface area (Å²) in [5, 5.41) is 6.63. The van der Waals surface area contributed by atoms with Gasteiger partial charge in [0, 0.05) is 64.8 Å². The third-order valence-corrected chi connectivity index (χ3v) is 4.43. The van der Waals surface area contributed by atoms with Crippen LogP contribution in [0.15, 0.2) is 59.7 Å². The van der Waals surface area contributed by atoms with Crippen LogP contribution in [0.25, 0.3) is 0 Å². The Morgan fingerprint density at radius 2 is 1.72 bits per heavy atom. The predicted octanol–water partition coefficient (Wildman–Crippen LogP) is 1.77. The molecular weight excluding hydrogens is 364 g/mol. The molecule has 0 aliphatic heterocycles. The number of rotatable bonds is 10. The summed E-state index contributed by atoms with van der Waals surface area (Å²) >= 11 is 0. The van der Waals surface area contributed by atoms with Crippen LogP contribution in [-0.2, 0) is 11.2 Å². The van der Waals surface area contributed by atoms with Gasteiger partial charge in [-0.05, 0) is 30.7 Å². The summed E-state index contributed by atoms with van der Waals surface area (Å²) in [5.41, 5.74) is 2.22. The van der Waals surface area contributed by atoms with Crippen LogP contribution >= 0.6 is 0 Å². The van der Waals surface area contributed by atoms with Crippen LogP contribution in [0.3, 0.4) is 0 Å². The lowest BCUT2D eigenvalue weighted by Gasteiger charge is -2.20. The van der Waals surface area contributed by atoms with Gasteiger partial charge in [0.2, 0.25) is 5.91 Å². The number of aliphatic imine (C=N–C) groups is 1. The van der Waals surface area contributed by atoms with Crippen LogP contribution in [0.4, 0.5) is 5.69 Å². The van der Waals surface area contributed by atoms with Gasteiger partial charge in [-0.3, -0.25) is 9.78 Å². The quantitative estimate of drug-likeness (QED) is 0.364. The lowest BCUT2D eigenvalue weighted by molar-refractivity contribution is -0.127. The number of nitrogens with one attached hydrogen (secondary N) is 2. The molecule has 0 aliphatic carbocycles. The van der Waals surface area contributed by atoms with E-state index in [2.05, 4.69) is 44.7 Å². The SMILES string of the molecule is CN(C)C(=O)CN=C(NCCCN(C)c1ccccc1)NCCc1ccccn1. The first kappa shape index (κ1) is 22.2. The number of guanidine groups is 1. The van der Waals surface area contributed by atoms with Crippen molar-refractivity contribution in [1.29, 1.82) is 0 Å². The van der Waals surface area contributed by atoms with Gasteiger partial charge in [-0.1, -0.05) is 24.3 Å². The smallest absolute Gasteiger partial charge is 0.243 e. The van der Waals surface area contributed by atoms with Gasteiger partial charge < -0.3 is 20.4 Å². The molecule has 156 valence electrons. The molecule has 2 rings (SSSR count). The third-order valence-electron chi connectivity index (χ3n) is 4.43. The second-order valence-electron chi connectivity index (χ2n) is 6.99. The largest absolute Gasteiger partial charge is 0.375 e. The minimum atomic E-state index is -0.0281. The van der Waals surface area contributed by atoms with E-state index in [-0.39, 0.29) is 12.5 Å². The molecule has 1 heterocycles. The fraction of sp³-hybridized carbons (Fsp3) is 0.409. The van der Waals surface area contributed by atoms with Crippen molar-refractivity contribution < 1.29 is 4.79 Å². The van der Waals surface area contributed by atoms with Crippen LogP contribution < -0.4 is 15.5 Å². The molecule has 7 nitrogen and oxygen atoms in total. The van der Waals surface area contributed by atoms with E-state index in [0.717, 1.165) is 31.6 Å². The van der Waals surface area contributed by atoms with Gasteiger partial charge in [-0.25, -0.2) is 4.99 Å². The first-order chi connectivity index (χ1) is 14.1. The van der Waals surface area contributed by atoms with Gasteiger partial charge in [0.25, 0.3) is 0 Å². The van der Waals surface area contributed by atoms with Crippen molar-refractivity contribution in [1.82, 2.24) is 20.5 Å². The van der Waals surface area contributed by atoms with Crippen molar-refractivity contribution in [3.8, 4) is 0 Å². The zero-order valence-corrected chi connectivity index (χ0v) is 17.6. The van der Waals surface area contributed by atoms with E-state index in [4.69, 9.17) is 0 Å². The van der Waals surface area contributed by atoms with Crippen LogP contribution in [0.5, 0.6) is 0 Å². The van der Waals surface area contributed by atoms with Crippen LogP contribution in [-0.4, -0.2) is 69.1 Å². The fourth-order valence-electron chi connectivity index (χ4n) is 2.65. The normalized spacial score (nSPS) is 11.1. The molecule has 1 aromatic carbocycles. The van der Waals surface area contributed by atoms with Crippen LogP contribution in [0.1, 0.15) is 12.1 Å². The molecular formula is C22H32N6O. The van der Waals surface area contributed by atoms with Gasteiger partial charge in [0.05, 0.1) is 0 Å². The number of anilines is 1. The minimum Gasteiger partial charge on any atom is -0.375 e. The van der Waals surface area contributed by atoms with Crippen molar-refractivity contribution >= 4 is 17.6 Å². The summed E-state index contributed by atoms with van der Waals surface area (Å²) in [5.74, 6) is 0.623. The summed E-state index contributed by atoms with van der Waals surface area (Å²) in [6.45, 7) is 2.51. The van der Waals surface area contributed by atoms with Crippen molar-refractivity contribution in [2.45, 2.75) is 12.8 Å². The number of pyridine rings is 1. The summed E-state index contributed by atoms with van der Waals surface area (Å²) in [7, 11) is 5.56. The number of likely N-dealkylation sites (N-methyl/N-ethyl adjacent to an activating group) is 1. The van der Waals surface area contributed by atoms with E-state index in [1.54, 1.807) is 25.2 Å². The molecule has 0 bridgehead atoms. The van der Waals surface area contributed by atoms with E-state index < -0.39 is 0 Å². The number of nitrogens with zero attached hydrogens (tertiary/aromatic N) is 4. The molecule has 0 atom stereocenters. The average Bonchev–Trinajstić information content (AvgIpc) is 2.75. The molecule has 2 aromatic rings. The van der Waals surface area contributed by atoms with Crippen molar-refractivity contribution in [3.63, 3.8) is 0 Å². The fourth-order valence-corrected chi connectivity index (χ4v) is 2.65. The Balaban J connectivity index is 1.80. The summed E-state index contributed by atoms with van der Waals surface area (Å²) in [6, 6.07) is 16.2. The molecule has 0 saturated heterocycles. The Labute approximate surface area is 173 Å². The van der Waals surface area contributed by atoms with E-state index >= 15 is 0 Å². The van der Waals surface area contributed by atoms with E-state index in [1.807, 2.05) is 36.4 Å². The Morgan fingerprint density at radius 1 is 1.00 bits per heavy atom. The first-order valence-corrected chi connectivity index (χ1v) is 9.94. The highest BCUT2D eigenvalue weighted by atomic mass is 16.2. The van der Waals surface area contributed by atoms with Crippen molar-refractivity contribution in [2.24, 2.45) is 4.99 Å². The minimum absolute atomic E-state index is 0.0281. The molecule has 0 aliphatic rings. The summed E-state index contributed by atoms with van der Waals surface area (Å²) < 4.78 is 0. The number of hydrogen-bond donors (Lipinski definition) is 2. The topological polar surface area (TPSA) is 72.9 Å². The second kappa shape index (κ2) is 12.4. The monoisotopic (exact) mass is 396 g/mol. The highest BCUT2D eigenvalue weighted by Crippen LogP contribution is 2.10. The lowest BCUT2D eigenvalue weighted by atomic mass is 10.3. The zero-order valence-electron chi connectivity index (χ0n) is 17.6. The van der Waals surface area contributed by atoms with Gasteiger partial charge in [-0.2, -0.15) is 0 Å². The molecule has 0 unspecified atom stereocenters. The number of para-hydroxylation sites is 1. The number of aromatic nitrogens is 1. The molecule has 29 heavy (non-hydrogen) atoms. The maximum absolute atomic E-state index is 11.9. The van der Waals surface area contributed by atoms with Gasteiger partial charge in [-0.15, -0.1) is 0 Å². The molecule has 0 fully saturated rings. The molecule has 0 saturated carbocycles. The average molecular weight is 397 g/mol. The molecule has 1 aromatic heterocycles. The maximum atomic E-state index is 11.9.